The standard InChI is InChI=1S/C15H20F3N3O/c1-11-3-2-4-13(20-11)9-19-14(22)12-5-7-21(8-6-12)10-15(16,17)18/h2-4,12H,5-10H2,1H3,(H,19,22). The van der Waals surface area contributed by atoms with Gasteiger partial charge in [0, 0.05) is 11.6 Å². The fourth-order valence-electron chi connectivity index (χ4n) is 2.63. The van der Waals surface area contributed by atoms with Crippen LogP contribution in [0, 0.1) is 12.8 Å². The number of carbonyl (C=O) groups excluding carboxylic acids is 1. The van der Waals surface area contributed by atoms with Crippen LogP contribution >= 0.6 is 0 Å². The molecule has 22 heavy (non-hydrogen) atoms. The molecule has 1 fully saturated rings. The monoisotopic (exact) mass is 315 g/mol. The topological polar surface area (TPSA) is 45.2 Å². The lowest BCUT2D eigenvalue weighted by molar-refractivity contribution is -0.149. The van der Waals surface area contributed by atoms with Gasteiger partial charge < -0.3 is 5.32 Å². The minimum atomic E-state index is -4.17. The number of pyridine rings is 1. The number of halogens is 3. The van der Waals surface area contributed by atoms with Crippen LogP contribution in [0.5, 0.6) is 0 Å². The average molecular weight is 315 g/mol. The maximum atomic E-state index is 12.3. The molecule has 0 aliphatic carbocycles. The van der Waals surface area contributed by atoms with Gasteiger partial charge in [0.2, 0.25) is 5.91 Å². The highest BCUT2D eigenvalue weighted by Crippen LogP contribution is 2.22. The highest BCUT2D eigenvalue weighted by Gasteiger charge is 2.33. The molecule has 1 N–H and O–H groups in total. The van der Waals surface area contributed by atoms with Crippen molar-refractivity contribution in [2.24, 2.45) is 5.92 Å². The fourth-order valence-corrected chi connectivity index (χ4v) is 2.63. The second kappa shape index (κ2) is 7.09. The van der Waals surface area contributed by atoms with Gasteiger partial charge in [0.15, 0.2) is 0 Å². The summed E-state index contributed by atoms with van der Waals surface area (Å²) in [5.41, 5.74) is 1.66. The van der Waals surface area contributed by atoms with Crippen LogP contribution in [-0.2, 0) is 11.3 Å². The molecule has 122 valence electrons. The zero-order chi connectivity index (χ0) is 16.2. The van der Waals surface area contributed by atoms with E-state index >= 15 is 0 Å². The SMILES string of the molecule is Cc1cccc(CNC(=O)C2CCN(CC(F)(F)F)CC2)n1. The van der Waals surface area contributed by atoms with Crippen molar-refractivity contribution in [3.63, 3.8) is 0 Å². The van der Waals surface area contributed by atoms with Crippen LogP contribution in [0.1, 0.15) is 24.2 Å². The summed E-state index contributed by atoms with van der Waals surface area (Å²) in [5, 5.41) is 2.82. The zero-order valence-corrected chi connectivity index (χ0v) is 12.5. The first-order chi connectivity index (χ1) is 10.3. The third-order valence-corrected chi connectivity index (χ3v) is 3.75. The lowest BCUT2D eigenvalue weighted by atomic mass is 9.96. The van der Waals surface area contributed by atoms with Gasteiger partial charge in [-0.3, -0.25) is 14.7 Å². The minimum absolute atomic E-state index is 0.102. The Hall–Kier alpha value is -1.63. The molecule has 7 heteroatoms. The van der Waals surface area contributed by atoms with Gasteiger partial charge in [0.05, 0.1) is 18.8 Å². The van der Waals surface area contributed by atoms with Gasteiger partial charge in [0.1, 0.15) is 0 Å². The van der Waals surface area contributed by atoms with E-state index in [0.29, 0.717) is 32.5 Å². The number of aromatic nitrogens is 1. The van der Waals surface area contributed by atoms with E-state index in [2.05, 4.69) is 10.3 Å². The van der Waals surface area contributed by atoms with Gasteiger partial charge >= 0.3 is 6.18 Å². The number of carbonyl (C=O) groups is 1. The maximum absolute atomic E-state index is 12.3. The number of rotatable bonds is 4. The predicted octanol–water partition coefficient (Wildman–Crippen LogP) is 2.28. The lowest BCUT2D eigenvalue weighted by Gasteiger charge is -2.31. The Bertz CT molecular complexity index is 511. The smallest absolute Gasteiger partial charge is 0.350 e. The van der Waals surface area contributed by atoms with Gasteiger partial charge in [0.25, 0.3) is 0 Å². The van der Waals surface area contributed by atoms with E-state index < -0.39 is 12.7 Å². The first-order valence-electron chi connectivity index (χ1n) is 7.33. The number of nitrogens with one attached hydrogen (secondary N) is 1. The molecular weight excluding hydrogens is 295 g/mol. The van der Waals surface area contributed by atoms with E-state index in [9.17, 15) is 18.0 Å². The summed E-state index contributed by atoms with van der Waals surface area (Å²) in [6, 6.07) is 5.58. The number of piperidine rings is 1. The van der Waals surface area contributed by atoms with Crippen LogP contribution in [0.15, 0.2) is 18.2 Å². The predicted molar refractivity (Wildman–Crippen MR) is 76.0 cm³/mol. The Morgan fingerprint density at radius 3 is 2.64 bits per heavy atom. The molecule has 0 saturated carbocycles. The number of alkyl halides is 3. The Morgan fingerprint density at radius 2 is 2.05 bits per heavy atom. The minimum Gasteiger partial charge on any atom is -0.350 e. The van der Waals surface area contributed by atoms with Crippen LogP contribution in [0.4, 0.5) is 13.2 Å². The lowest BCUT2D eigenvalue weighted by Crippen LogP contribution is -2.43. The largest absolute Gasteiger partial charge is 0.401 e. The normalized spacial score (nSPS) is 17.5. The van der Waals surface area contributed by atoms with Gasteiger partial charge in [-0.25, -0.2) is 0 Å². The maximum Gasteiger partial charge on any atom is 0.401 e. The summed E-state index contributed by atoms with van der Waals surface area (Å²) in [4.78, 5) is 17.7. The number of hydrogen-bond acceptors (Lipinski definition) is 3. The molecule has 2 heterocycles. The van der Waals surface area contributed by atoms with Crippen LogP contribution in [-0.4, -0.2) is 41.6 Å². The summed E-state index contributed by atoms with van der Waals surface area (Å²) in [6.45, 7) is 1.94. The van der Waals surface area contributed by atoms with E-state index in [0.717, 1.165) is 11.4 Å². The molecule has 0 atom stereocenters. The van der Waals surface area contributed by atoms with Crippen molar-refractivity contribution in [2.45, 2.75) is 32.5 Å². The number of hydrogen-bond donors (Lipinski definition) is 1. The van der Waals surface area contributed by atoms with Crippen LogP contribution < -0.4 is 5.32 Å². The molecule has 1 aromatic rings. The van der Waals surface area contributed by atoms with E-state index in [1.807, 2.05) is 25.1 Å². The number of amides is 1. The average Bonchev–Trinajstić information content (AvgIpc) is 2.44. The Balaban J connectivity index is 1.75. The summed E-state index contributed by atoms with van der Waals surface area (Å²) < 4.78 is 36.9. The molecule has 1 aromatic heterocycles. The Kier molecular flexibility index (Phi) is 5.39. The summed E-state index contributed by atoms with van der Waals surface area (Å²) >= 11 is 0. The second-order valence-corrected chi connectivity index (χ2v) is 5.65. The van der Waals surface area contributed by atoms with Crippen LogP contribution in [0.2, 0.25) is 0 Å². The molecule has 1 amide bonds. The summed E-state index contributed by atoms with van der Waals surface area (Å²) in [7, 11) is 0. The molecule has 1 aliphatic rings. The molecule has 0 radical (unpaired) electrons. The zero-order valence-electron chi connectivity index (χ0n) is 12.5. The van der Waals surface area contributed by atoms with Crippen molar-refractivity contribution in [1.29, 1.82) is 0 Å². The number of likely N-dealkylation sites (tertiary alicyclic amines) is 1. The number of nitrogens with zero attached hydrogens (tertiary/aromatic N) is 2. The molecule has 0 spiro atoms. The molecular formula is C15H20F3N3O. The molecule has 1 aliphatic heterocycles. The molecule has 2 rings (SSSR count). The molecule has 0 aromatic carbocycles. The highest BCUT2D eigenvalue weighted by molar-refractivity contribution is 5.78. The van der Waals surface area contributed by atoms with Crippen molar-refractivity contribution >= 4 is 5.91 Å². The van der Waals surface area contributed by atoms with Crippen molar-refractivity contribution < 1.29 is 18.0 Å². The highest BCUT2D eigenvalue weighted by atomic mass is 19.4. The van der Waals surface area contributed by atoms with Crippen LogP contribution in [0.3, 0.4) is 0 Å². The summed E-state index contributed by atoms with van der Waals surface area (Å²) in [5.74, 6) is -0.316. The first-order valence-corrected chi connectivity index (χ1v) is 7.33. The first kappa shape index (κ1) is 16.7. The third kappa shape index (κ3) is 5.29. The second-order valence-electron chi connectivity index (χ2n) is 5.65. The Morgan fingerprint density at radius 1 is 1.36 bits per heavy atom. The summed E-state index contributed by atoms with van der Waals surface area (Å²) in [6.07, 6.45) is -3.25. The fraction of sp³-hybridized carbons (Fsp3) is 0.600. The van der Waals surface area contributed by atoms with Crippen molar-refractivity contribution in [1.82, 2.24) is 15.2 Å². The van der Waals surface area contributed by atoms with E-state index in [4.69, 9.17) is 0 Å². The van der Waals surface area contributed by atoms with Crippen molar-refractivity contribution in [3.8, 4) is 0 Å². The van der Waals surface area contributed by atoms with Crippen molar-refractivity contribution in [2.75, 3.05) is 19.6 Å². The molecule has 4 nitrogen and oxygen atoms in total. The van der Waals surface area contributed by atoms with E-state index in [1.165, 1.54) is 4.90 Å². The van der Waals surface area contributed by atoms with E-state index in [-0.39, 0.29) is 11.8 Å². The number of aryl methyl sites for hydroxylation is 1. The van der Waals surface area contributed by atoms with E-state index in [1.54, 1.807) is 0 Å². The van der Waals surface area contributed by atoms with Crippen molar-refractivity contribution in [3.05, 3.63) is 29.6 Å². The molecule has 0 unspecified atom stereocenters. The quantitative estimate of drug-likeness (QED) is 0.927. The van der Waals surface area contributed by atoms with Gasteiger partial charge in [-0.15, -0.1) is 0 Å². The van der Waals surface area contributed by atoms with Gasteiger partial charge in [-0.05, 0) is 45.0 Å². The molecule has 0 bridgehead atoms. The van der Waals surface area contributed by atoms with Crippen LogP contribution in [0.25, 0.3) is 0 Å². The van der Waals surface area contributed by atoms with Gasteiger partial charge in [-0.2, -0.15) is 13.2 Å². The Labute approximate surface area is 127 Å². The third-order valence-electron chi connectivity index (χ3n) is 3.75. The van der Waals surface area contributed by atoms with Gasteiger partial charge in [-0.1, -0.05) is 6.07 Å². The molecule has 1 saturated heterocycles.